The van der Waals surface area contributed by atoms with Crippen LogP contribution in [0.25, 0.3) is 0 Å². The van der Waals surface area contributed by atoms with Crippen LogP contribution in [0.5, 0.6) is 5.75 Å². The van der Waals surface area contributed by atoms with Crippen molar-refractivity contribution < 1.29 is 18.8 Å². The number of hydrogen-bond donors (Lipinski definition) is 0. The molecule has 4 rings (SSSR count). The van der Waals surface area contributed by atoms with E-state index < -0.39 is 5.41 Å². The van der Waals surface area contributed by atoms with Crippen molar-refractivity contribution in [3.8, 4) is 5.75 Å². The quantitative estimate of drug-likeness (QED) is 0.594. The van der Waals surface area contributed by atoms with E-state index in [1.807, 2.05) is 24.0 Å². The molecule has 34 heavy (non-hydrogen) atoms. The Morgan fingerprint density at radius 2 is 1.94 bits per heavy atom. The summed E-state index contributed by atoms with van der Waals surface area (Å²) in [6, 6.07) is 8.96. The molecule has 1 atom stereocenters. The van der Waals surface area contributed by atoms with Crippen LogP contribution in [-0.4, -0.2) is 84.6 Å². The van der Waals surface area contributed by atoms with Crippen molar-refractivity contribution in [2.45, 2.75) is 32.6 Å². The standard InChI is InChI=1S/C25H33ClN4O4/c1-3-20-15-22(34-27-20)24(32)30-9-5-8-25(17-30,18-33-21-7-4-6-19(26)14-21)16-23(31)29-12-10-28(2)11-13-29/h4,6-7,14-15H,3,5,8-13,16-18H2,1-2H3/t25-/m0/s1. The topological polar surface area (TPSA) is 79.1 Å². The Kier molecular flexibility index (Phi) is 7.78. The highest BCUT2D eigenvalue weighted by Crippen LogP contribution is 2.36. The van der Waals surface area contributed by atoms with Gasteiger partial charge in [0.2, 0.25) is 11.7 Å². The normalized spacial score (nSPS) is 21.5. The van der Waals surface area contributed by atoms with Crippen molar-refractivity contribution in [2.75, 3.05) is 52.9 Å². The fourth-order valence-corrected chi connectivity index (χ4v) is 4.89. The Hall–Kier alpha value is -2.58. The molecule has 1 aromatic carbocycles. The molecular formula is C25H33ClN4O4. The predicted octanol–water partition coefficient (Wildman–Crippen LogP) is 3.36. The van der Waals surface area contributed by atoms with Gasteiger partial charge in [0.25, 0.3) is 5.91 Å². The minimum absolute atomic E-state index is 0.116. The van der Waals surface area contributed by atoms with Crippen LogP contribution >= 0.6 is 11.6 Å². The molecule has 2 aliphatic rings. The van der Waals surface area contributed by atoms with Crippen LogP contribution in [0.4, 0.5) is 0 Å². The van der Waals surface area contributed by atoms with Crippen molar-refractivity contribution in [3.05, 3.63) is 46.8 Å². The predicted molar refractivity (Wildman–Crippen MR) is 129 cm³/mol. The van der Waals surface area contributed by atoms with E-state index in [1.165, 1.54) is 0 Å². The zero-order chi connectivity index (χ0) is 24.1. The Labute approximate surface area is 205 Å². The fraction of sp³-hybridized carbons (Fsp3) is 0.560. The molecular weight excluding hydrogens is 456 g/mol. The molecule has 0 radical (unpaired) electrons. The molecule has 1 aromatic heterocycles. The molecule has 0 saturated carbocycles. The monoisotopic (exact) mass is 488 g/mol. The van der Waals surface area contributed by atoms with Gasteiger partial charge in [-0.05, 0) is 44.5 Å². The maximum absolute atomic E-state index is 13.3. The van der Waals surface area contributed by atoms with Crippen LogP contribution in [0, 0.1) is 5.41 Å². The lowest BCUT2D eigenvalue weighted by molar-refractivity contribution is -0.137. The number of ether oxygens (including phenoxy) is 1. The average Bonchev–Trinajstić information content (AvgIpc) is 3.32. The van der Waals surface area contributed by atoms with Gasteiger partial charge in [-0.25, -0.2) is 0 Å². The maximum atomic E-state index is 13.3. The van der Waals surface area contributed by atoms with Crippen molar-refractivity contribution in [2.24, 2.45) is 5.41 Å². The van der Waals surface area contributed by atoms with Gasteiger partial charge in [-0.15, -0.1) is 0 Å². The molecule has 0 aliphatic carbocycles. The Morgan fingerprint density at radius 1 is 1.15 bits per heavy atom. The van der Waals surface area contributed by atoms with Crippen LogP contribution in [0.3, 0.4) is 0 Å². The number of aryl methyl sites for hydroxylation is 1. The molecule has 0 N–H and O–H groups in total. The molecule has 2 fully saturated rings. The number of amides is 2. The number of likely N-dealkylation sites (tertiary alicyclic amines) is 1. The smallest absolute Gasteiger partial charge is 0.292 e. The third kappa shape index (κ3) is 5.91. The third-order valence-corrected chi connectivity index (χ3v) is 7.04. The van der Waals surface area contributed by atoms with Crippen LogP contribution in [-0.2, 0) is 11.2 Å². The summed E-state index contributed by atoms with van der Waals surface area (Å²) >= 11 is 6.13. The number of halogens is 1. The summed E-state index contributed by atoms with van der Waals surface area (Å²) in [5, 5.41) is 4.56. The number of rotatable bonds is 7. The van der Waals surface area contributed by atoms with Crippen molar-refractivity contribution >= 4 is 23.4 Å². The number of likely N-dealkylation sites (N-methyl/N-ethyl adjacent to an activating group) is 1. The lowest BCUT2D eigenvalue weighted by Gasteiger charge is -2.43. The summed E-state index contributed by atoms with van der Waals surface area (Å²) in [6.45, 7) is 6.52. The number of carbonyl (C=O) groups excluding carboxylic acids is 2. The molecule has 2 aliphatic heterocycles. The van der Waals surface area contributed by atoms with E-state index in [2.05, 4.69) is 17.1 Å². The SMILES string of the molecule is CCc1cc(C(=O)N2CCC[C@](COc3cccc(Cl)c3)(CC(=O)N3CCN(C)CC3)C2)on1. The minimum atomic E-state index is -0.496. The summed E-state index contributed by atoms with van der Waals surface area (Å²) in [5.41, 5.74) is 0.255. The maximum Gasteiger partial charge on any atom is 0.292 e. The molecule has 0 spiro atoms. The van der Waals surface area contributed by atoms with Gasteiger partial charge in [-0.3, -0.25) is 9.59 Å². The zero-order valence-electron chi connectivity index (χ0n) is 20.0. The second-order valence-corrected chi connectivity index (χ2v) is 9.91. The highest BCUT2D eigenvalue weighted by atomic mass is 35.5. The van der Waals surface area contributed by atoms with Gasteiger partial charge < -0.3 is 24.0 Å². The summed E-state index contributed by atoms with van der Waals surface area (Å²) in [7, 11) is 2.07. The molecule has 8 nitrogen and oxygen atoms in total. The first-order valence-electron chi connectivity index (χ1n) is 12.0. The van der Waals surface area contributed by atoms with E-state index in [-0.39, 0.29) is 17.6 Å². The van der Waals surface area contributed by atoms with Gasteiger partial charge in [0.15, 0.2) is 0 Å². The lowest BCUT2D eigenvalue weighted by atomic mass is 9.77. The molecule has 184 valence electrons. The fourth-order valence-electron chi connectivity index (χ4n) is 4.71. The van der Waals surface area contributed by atoms with Crippen LogP contribution < -0.4 is 4.74 Å². The zero-order valence-corrected chi connectivity index (χ0v) is 20.7. The first-order valence-corrected chi connectivity index (χ1v) is 12.3. The minimum Gasteiger partial charge on any atom is -0.493 e. The molecule has 2 aromatic rings. The van der Waals surface area contributed by atoms with E-state index in [0.29, 0.717) is 43.3 Å². The van der Waals surface area contributed by atoms with Crippen LogP contribution in [0.1, 0.15) is 42.4 Å². The molecule has 9 heteroatoms. The number of piperidine rings is 1. The number of piperazine rings is 1. The van der Waals surface area contributed by atoms with Gasteiger partial charge in [-0.1, -0.05) is 29.7 Å². The second kappa shape index (κ2) is 10.8. The number of benzene rings is 1. The first-order chi connectivity index (χ1) is 16.4. The Balaban J connectivity index is 1.51. The van der Waals surface area contributed by atoms with Gasteiger partial charge in [0, 0.05) is 62.2 Å². The van der Waals surface area contributed by atoms with E-state index >= 15 is 0 Å². The largest absolute Gasteiger partial charge is 0.493 e. The molecule has 3 heterocycles. The van der Waals surface area contributed by atoms with E-state index in [1.54, 1.807) is 23.1 Å². The number of hydrogen-bond acceptors (Lipinski definition) is 6. The summed E-state index contributed by atoms with van der Waals surface area (Å²) in [5.74, 6) is 0.829. The van der Waals surface area contributed by atoms with Gasteiger partial charge in [0.05, 0.1) is 12.3 Å². The highest BCUT2D eigenvalue weighted by Gasteiger charge is 2.42. The van der Waals surface area contributed by atoms with Crippen molar-refractivity contribution in [1.82, 2.24) is 19.9 Å². The summed E-state index contributed by atoms with van der Waals surface area (Å²) < 4.78 is 11.5. The number of nitrogens with zero attached hydrogens (tertiary/aromatic N) is 4. The van der Waals surface area contributed by atoms with Crippen molar-refractivity contribution in [3.63, 3.8) is 0 Å². The second-order valence-electron chi connectivity index (χ2n) is 9.47. The first kappa shape index (κ1) is 24.5. The summed E-state index contributed by atoms with van der Waals surface area (Å²) in [6.07, 6.45) is 2.62. The molecule has 2 amide bonds. The number of aromatic nitrogens is 1. The molecule has 2 saturated heterocycles. The summed E-state index contributed by atoms with van der Waals surface area (Å²) in [4.78, 5) is 32.5. The van der Waals surface area contributed by atoms with E-state index in [9.17, 15) is 9.59 Å². The lowest BCUT2D eigenvalue weighted by Crippen LogP contribution is -2.53. The van der Waals surface area contributed by atoms with E-state index in [0.717, 1.165) is 44.7 Å². The van der Waals surface area contributed by atoms with Gasteiger partial charge >= 0.3 is 0 Å². The average molecular weight is 489 g/mol. The third-order valence-electron chi connectivity index (χ3n) is 6.80. The molecule has 0 unspecified atom stereocenters. The van der Waals surface area contributed by atoms with Gasteiger partial charge in [-0.2, -0.15) is 0 Å². The van der Waals surface area contributed by atoms with Gasteiger partial charge in [0.1, 0.15) is 5.75 Å². The van der Waals surface area contributed by atoms with Crippen molar-refractivity contribution in [1.29, 1.82) is 0 Å². The van der Waals surface area contributed by atoms with Crippen LogP contribution in [0.2, 0.25) is 5.02 Å². The highest BCUT2D eigenvalue weighted by molar-refractivity contribution is 6.30. The van der Waals surface area contributed by atoms with Crippen LogP contribution in [0.15, 0.2) is 34.9 Å². The number of carbonyl (C=O) groups is 2. The molecule has 0 bridgehead atoms. The Morgan fingerprint density at radius 3 is 2.65 bits per heavy atom. The van der Waals surface area contributed by atoms with E-state index in [4.69, 9.17) is 20.9 Å². The Bertz CT molecular complexity index is 1000.